The number of halogens is 2. The highest BCUT2D eigenvalue weighted by Crippen LogP contribution is 2.28. The highest BCUT2D eigenvalue weighted by atomic mass is 79.9. The van der Waals surface area contributed by atoms with Crippen molar-refractivity contribution in [3.63, 3.8) is 0 Å². The second-order valence-electron chi connectivity index (χ2n) is 4.61. The van der Waals surface area contributed by atoms with E-state index in [-0.39, 0.29) is 10.9 Å². The monoisotopic (exact) mass is 388 g/mol. The fraction of sp³-hybridized carbons (Fsp3) is 0.143. The molecule has 0 aromatic heterocycles. The van der Waals surface area contributed by atoms with Crippen molar-refractivity contribution in [1.29, 1.82) is 0 Å². The van der Waals surface area contributed by atoms with E-state index in [4.69, 9.17) is 16.7 Å². The van der Waals surface area contributed by atoms with Gasteiger partial charge in [0.15, 0.2) is 0 Å². The third-order valence-corrected chi connectivity index (χ3v) is 5.17. The van der Waals surface area contributed by atoms with Crippen LogP contribution in [0, 0.1) is 0 Å². The van der Waals surface area contributed by atoms with E-state index in [0.717, 1.165) is 15.7 Å². The van der Waals surface area contributed by atoms with Gasteiger partial charge < -0.3 is 5.32 Å². The van der Waals surface area contributed by atoms with Crippen molar-refractivity contribution in [3.8, 4) is 0 Å². The highest BCUT2D eigenvalue weighted by molar-refractivity contribution is 9.10. The molecule has 4 nitrogen and oxygen atoms in total. The summed E-state index contributed by atoms with van der Waals surface area (Å²) in [5.74, 6) is 0. The van der Waals surface area contributed by atoms with Gasteiger partial charge in [0, 0.05) is 16.2 Å². The molecule has 2 rings (SSSR count). The second kappa shape index (κ2) is 6.36. The normalized spacial score (nSPS) is 13.0. The summed E-state index contributed by atoms with van der Waals surface area (Å²) in [5.41, 5.74) is 1.83. The average molecular weight is 390 g/mol. The van der Waals surface area contributed by atoms with Gasteiger partial charge in [0.05, 0.1) is 9.92 Å². The molecule has 0 heterocycles. The Morgan fingerprint density at radius 1 is 1.19 bits per heavy atom. The van der Waals surface area contributed by atoms with Crippen LogP contribution in [0.15, 0.2) is 51.8 Å². The van der Waals surface area contributed by atoms with Gasteiger partial charge in [-0.05, 0) is 58.7 Å². The van der Waals surface area contributed by atoms with Crippen LogP contribution in [0.5, 0.6) is 0 Å². The largest absolute Gasteiger partial charge is 0.378 e. The minimum atomic E-state index is -3.66. The molecule has 21 heavy (non-hydrogen) atoms. The van der Waals surface area contributed by atoms with Gasteiger partial charge in [-0.15, -0.1) is 0 Å². The van der Waals surface area contributed by atoms with Crippen LogP contribution in [-0.4, -0.2) is 8.42 Å². The summed E-state index contributed by atoms with van der Waals surface area (Å²) < 4.78 is 23.3. The summed E-state index contributed by atoms with van der Waals surface area (Å²) in [5, 5.41) is 9.00. The fourth-order valence-electron chi connectivity index (χ4n) is 1.87. The number of hydrogen-bond acceptors (Lipinski definition) is 3. The van der Waals surface area contributed by atoms with Gasteiger partial charge in [0.2, 0.25) is 10.0 Å². The van der Waals surface area contributed by atoms with Crippen LogP contribution < -0.4 is 10.5 Å². The van der Waals surface area contributed by atoms with E-state index in [0.29, 0.717) is 5.02 Å². The van der Waals surface area contributed by atoms with Gasteiger partial charge in [-0.2, -0.15) is 0 Å². The summed E-state index contributed by atoms with van der Waals surface area (Å²) in [6.45, 7) is 1.97. The molecule has 0 aliphatic carbocycles. The number of rotatable bonds is 4. The Morgan fingerprint density at radius 2 is 1.81 bits per heavy atom. The van der Waals surface area contributed by atoms with Crippen molar-refractivity contribution in [1.82, 2.24) is 0 Å². The first kappa shape index (κ1) is 16.3. The Hall–Kier alpha value is -1.08. The number of nitrogens with two attached hydrogens (primary N) is 1. The number of benzene rings is 2. The molecule has 7 heteroatoms. The van der Waals surface area contributed by atoms with Crippen molar-refractivity contribution in [2.75, 3.05) is 5.32 Å². The summed E-state index contributed by atoms with van der Waals surface area (Å²) in [6, 6.07) is 12.1. The molecule has 0 aliphatic heterocycles. The molecule has 1 atom stereocenters. The molecule has 0 saturated heterocycles. The predicted octanol–water partition coefficient (Wildman–Crippen LogP) is 3.92. The molecule has 1 unspecified atom stereocenters. The first-order valence-corrected chi connectivity index (χ1v) is 8.83. The van der Waals surface area contributed by atoms with E-state index in [2.05, 4.69) is 21.2 Å². The Kier molecular flexibility index (Phi) is 4.93. The van der Waals surface area contributed by atoms with Crippen LogP contribution in [0.2, 0.25) is 5.02 Å². The van der Waals surface area contributed by atoms with E-state index in [1.807, 2.05) is 25.1 Å². The molecule has 0 spiro atoms. The van der Waals surface area contributed by atoms with Gasteiger partial charge in [-0.1, -0.05) is 23.7 Å². The van der Waals surface area contributed by atoms with E-state index in [1.54, 1.807) is 12.1 Å². The Bertz CT molecular complexity index is 748. The lowest BCUT2D eigenvalue weighted by Gasteiger charge is -2.16. The van der Waals surface area contributed by atoms with Crippen LogP contribution in [0.3, 0.4) is 0 Å². The molecule has 2 aromatic rings. The third-order valence-electron chi connectivity index (χ3n) is 3.01. The zero-order valence-electron chi connectivity index (χ0n) is 11.2. The molecule has 0 radical (unpaired) electrons. The molecular weight excluding hydrogens is 376 g/mol. The number of nitrogens with one attached hydrogen (secondary N) is 1. The minimum absolute atomic E-state index is 0.00299. The van der Waals surface area contributed by atoms with Gasteiger partial charge >= 0.3 is 0 Å². The maximum absolute atomic E-state index is 11.2. The van der Waals surface area contributed by atoms with E-state index >= 15 is 0 Å². The minimum Gasteiger partial charge on any atom is -0.378 e. The van der Waals surface area contributed by atoms with E-state index in [1.165, 1.54) is 12.1 Å². The van der Waals surface area contributed by atoms with Crippen molar-refractivity contribution in [2.24, 2.45) is 5.14 Å². The van der Waals surface area contributed by atoms with Crippen LogP contribution in [0.25, 0.3) is 0 Å². The van der Waals surface area contributed by atoms with Crippen molar-refractivity contribution in [3.05, 3.63) is 57.5 Å². The smallest absolute Gasteiger partial charge is 0.238 e. The van der Waals surface area contributed by atoms with Gasteiger partial charge in [-0.25, -0.2) is 13.6 Å². The molecule has 2 aromatic carbocycles. The maximum Gasteiger partial charge on any atom is 0.238 e. The van der Waals surface area contributed by atoms with Crippen molar-refractivity contribution in [2.45, 2.75) is 17.9 Å². The first-order chi connectivity index (χ1) is 9.77. The van der Waals surface area contributed by atoms with Crippen molar-refractivity contribution < 1.29 is 8.42 Å². The molecule has 3 N–H and O–H groups in total. The van der Waals surface area contributed by atoms with E-state index < -0.39 is 10.0 Å². The molecular formula is C14H14BrClN2O2S. The van der Waals surface area contributed by atoms with Gasteiger partial charge in [0.1, 0.15) is 0 Å². The lowest BCUT2D eigenvalue weighted by molar-refractivity contribution is 0.597. The number of anilines is 1. The maximum atomic E-state index is 11.2. The molecule has 0 fully saturated rings. The lowest BCUT2D eigenvalue weighted by atomic mass is 10.1. The Labute approximate surface area is 137 Å². The zero-order chi connectivity index (χ0) is 15.6. The summed E-state index contributed by atoms with van der Waals surface area (Å²) in [6.07, 6.45) is 0. The molecule has 0 amide bonds. The van der Waals surface area contributed by atoms with Crippen LogP contribution in [0.1, 0.15) is 18.5 Å². The number of sulfonamides is 1. The quantitative estimate of drug-likeness (QED) is 0.832. The van der Waals surface area contributed by atoms with Crippen LogP contribution in [-0.2, 0) is 10.0 Å². The summed E-state index contributed by atoms with van der Waals surface area (Å²) in [7, 11) is -3.66. The Morgan fingerprint density at radius 3 is 2.33 bits per heavy atom. The summed E-state index contributed by atoms with van der Waals surface area (Å²) >= 11 is 9.39. The molecule has 0 saturated carbocycles. The lowest BCUT2D eigenvalue weighted by Crippen LogP contribution is -2.12. The van der Waals surface area contributed by atoms with Gasteiger partial charge in [0.25, 0.3) is 0 Å². The third kappa shape index (κ3) is 4.20. The number of hydrogen-bond donors (Lipinski definition) is 2. The topological polar surface area (TPSA) is 72.2 Å². The SMILES string of the molecule is CC(Nc1ccc(Br)c(Cl)c1)c1ccc(S(N)(=O)=O)cc1. The highest BCUT2D eigenvalue weighted by Gasteiger charge is 2.10. The number of primary sulfonamides is 1. The zero-order valence-corrected chi connectivity index (χ0v) is 14.3. The first-order valence-electron chi connectivity index (χ1n) is 6.12. The Balaban J connectivity index is 2.16. The molecule has 0 bridgehead atoms. The fourth-order valence-corrected chi connectivity index (χ4v) is 2.81. The molecule has 112 valence electrons. The van der Waals surface area contributed by atoms with Crippen molar-refractivity contribution >= 4 is 43.2 Å². The van der Waals surface area contributed by atoms with Gasteiger partial charge in [-0.3, -0.25) is 0 Å². The standard InChI is InChI=1S/C14H14BrClN2O2S/c1-9(18-11-4-7-13(15)14(16)8-11)10-2-5-12(6-3-10)21(17,19)20/h2-9,18H,1H3,(H2,17,19,20). The molecule has 0 aliphatic rings. The summed E-state index contributed by atoms with van der Waals surface area (Å²) in [4.78, 5) is 0.102. The van der Waals surface area contributed by atoms with Crippen LogP contribution in [0.4, 0.5) is 5.69 Å². The van der Waals surface area contributed by atoms with Crippen LogP contribution >= 0.6 is 27.5 Å². The average Bonchev–Trinajstić information content (AvgIpc) is 2.42. The second-order valence-corrected chi connectivity index (χ2v) is 7.43. The van der Waals surface area contributed by atoms with E-state index in [9.17, 15) is 8.42 Å². The predicted molar refractivity (Wildman–Crippen MR) is 89.0 cm³/mol.